The number of likely N-dealkylation sites (tertiary alicyclic amines) is 1. The van der Waals surface area contributed by atoms with Crippen LogP contribution < -0.4 is 10.1 Å². The molecular weight excluding hydrogens is 310 g/mol. The lowest BCUT2D eigenvalue weighted by Crippen LogP contribution is -2.64. The number of nitriles is 1. The number of rotatable bonds is 4. The molecule has 136 valence electrons. The van der Waals surface area contributed by atoms with Crippen LogP contribution in [0.1, 0.15) is 46.1 Å². The Kier molecular flexibility index (Phi) is 5.09. The second-order valence-electron chi connectivity index (χ2n) is 8.78. The number of fused-ring (bicyclic) bond motifs is 2. The van der Waals surface area contributed by atoms with E-state index in [4.69, 9.17) is 10.00 Å². The molecule has 4 nitrogen and oxygen atoms in total. The summed E-state index contributed by atoms with van der Waals surface area (Å²) in [6, 6.07) is 9.63. The molecule has 1 N–H and O–H groups in total. The van der Waals surface area contributed by atoms with E-state index in [-0.39, 0.29) is 11.6 Å². The fourth-order valence-electron chi connectivity index (χ4n) is 4.46. The molecule has 0 saturated carbocycles. The van der Waals surface area contributed by atoms with Crippen LogP contribution in [0.15, 0.2) is 24.3 Å². The summed E-state index contributed by atoms with van der Waals surface area (Å²) >= 11 is 0. The molecule has 0 amide bonds. The molecule has 4 heteroatoms. The number of nitrogens with zero attached hydrogens (tertiary/aromatic N) is 2. The Morgan fingerprint density at radius 3 is 2.68 bits per heavy atom. The Hall–Kier alpha value is -1.57. The van der Waals surface area contributed by atoms with Crippen molar-refractivity contribution in [2.24, 2.45) is 16.7 Å². The van der Waals surface area contributed by atoms with Crippen LogP contribution in [0.5, 0.6) is 5.75 Å². The van der Waals surface area contributed by atoms with E-state index in [9.17, 15) is 0 Å². The molecule has 1 aromatic carbocycles. The monoisotopic (exact) mass is 341 g/mol. The second kappa shape index (κ2) is 6.97. The highest BCUT2D eigenvalue weighted by Gasteiger charge is 2.50. The summed E-state index contributed by atoms with van der Waals surface area (Å²) in [5.41, 5.74) is 1.24. The van der Waals surface area contributed by atoms with E-state index in [0.29, 0.717) is 16.9 Å². The Morgan fingerprint density at radius 2 is 2.08 bits per heavy atom. The van der Waals surface area contributed by atoms with Crippen molar-refractivity contribution >= 4 is 0 Å². The molecular formula is C21H31N3O. The minimum absolute atomic E-state index is 0.0931. The summed E-state index contributed by atoms with van der Waals surface area (Å²) < 4.78 is 6.32. The number of nitrogens with one attached hydrogen (secondary N) is 1. The minimum atomic E-state index is 0.0931. The maximum absolute atomic E-state index is 8.95. The minimum Gasteiger partial charge on any atom is -0.475 e. The third-order valence-corrected chi connectivity index (χ3v) is 6.18. The third-order valence-electron chi connectivity index (χ3n) is 6.18. The van der Waals surface area contributed by atoms with Crippen LogP contribution in [-0.4, -0.2) is 37.3 Å². The van der Waals surface area contributed by atoms with Crippen LogP contribution in [-0.2, 0) is 0 Å². The van der Waals surface area contributed by atoms with Gasteiger partial charge in [-0.05, 0) is 55.0 Å². The van der Waals surface area contributed by atoms with E-state index >= 15 is 0 Å². The van der Waals surface area contributed by atoms with Crippen LogP contribution in [0.3, 0.4) is 0 Å². The average Bonchev–Trinajstić information content (AvgIpc) is 2.59. The predicted octanol–water partition coefficient (Wildman–Crippen LogP) is 3.63. The van der Waals surface area contributed by atoms with E-state index in [1.165, 1.54) is 6.42 Å². The molecule has 0 aromatic heterocycles. The maximum Gasteiger partial charge on any atom is 0.152 e. The van der Waals surface area contributed by atoms with E-state index in [1.54, 1.807) is 0 Å². The average molecular weight is 341 g/mol. The number of hydrogen-bond donors (Lipinski definition) is 1. The largest absolute Gasteiger partial charge is 0.475 e. The van der Waals surface area contributed by atoms with Gasteiger partial charge in [0.25, 0.3) is 0 Å². The molecule has 2 heterocycles. The fourth-order valence-corrected chi connectivity index (χ4v) is 4.46. The van der Waals surface area contributed by atoms with Crippen molar-refractivity contribution in [3.8, 4) is 11.8 Å². The molecule has 2 saturated heterocycles. The van der Waals surface area contributed by atoms with Crippen LogP contribution in [0.25, 0.3) is 0 Å². The lowest BCUT2D eigenvalue weighted by Gasteiger charge is -2.57. The van der Waals surface area contributed by atoms with Gasteiger partial charge in [-0.3, -0.25) is 4.90 Å². The normalized spacial score (nSPS) is 28.2. The van der Waals surface area contributed by atoms with Crippen LogP contribution in [0.4, 0.5) is 0 Å². The number of piperidine rings is 2. The van der Waals surface area contributed by atoms with Crippen molar-refractivity contribution in [3.63, 3.8) is 0 Å². The van der Waals surface area contributed by atoms with E-state index in [1.807, 2.05) is 24.3 Å². The summed E-state index contributed by atoms with van der Waals surface area (Å²) in [5, 5.41) is 12.6. The number of ether oxygens (including phenoxy) is 1. The lowest BCUT2D eigenvalue weighted by molar-refractivity contribution is -0.103. The fraction of sp³-hybridized carbons (Fsp3) is 0.667. The first-order valence-electron chi connectivity index (χ1n) is 9.48. The van der Waals surface area contributed by atoms with Crippen LogP contribution in [0, 0.1) is 28.1 Å². The Morgan fingerprint density at radius 1 is 1.36 bits per heavy atom. The summed E-state index contributed by atoms with van der Waals surface area (Å²) in [6.07, 6.45) is 2.36. The summed E-state index contributed by atoms with van der Waals surface area (Å²) in [4.78, 5) is 2.55. The predicted molar refractivity (Wildman–Crippen MR) is 100 cm³/mol. The zero-order valence-electron chi connectivity index (χ0n) is 16.0. The van der Waals surface area contributed by atoms with Gasteiger partial charge in [-0.15, -0.1) is 0 Å². The first kappa shape index (κ1) is 18.2. The third kappa shape index (κ3) is 3.68. The SMILES string of the molecule is CCC(Oc1ccc(C#N)cc1)N1CC2CNCC(C(C)(C)C)(C2)C1. The summed E-state index contributed by atoms with van der Waals surface area (Å²) in [7, 11) is 0. The Labute approximate surface area is 152 Å². The first-order chi connectivity index (χ1) is 11.9. The van der Waals surface area contributed by atoms with Gasteiger partial charge in [-0.25, -0.2) is 0 Å². The van der Waals surface area contributed by atoms with Crippen LogP contribution >= 0.6 is 0 Å². The molecule has 2 aliphatic heterocycles. The van der Waals surface area contributed by atoms with Gasteiger partial charge in [0, 0.05) is 25.0 Å². The topological polar surface area (TPSA) is 48.3 Å². The van der Waals surface area contributed by atoms with E-state index in [0.717, 1.165) is 38.3 Å². The summed E-state index contributed by atoms with van der Waals surface area (Å²) in [6.45, 7) is 13.7. The lowest BCUT2D eigenvalue weighted by atomic mass is 9.59. The van der Waals surface area contributed by atoms with Gasteiger partial charge in [0.1, 0.15) is 5.75 Å². The van der Waals surface area contributed by atoms with Gasteiger partial charge < -0.3 is 10.1 Å². The van der Waals surface area contributed by atoms with Gasteiger partial charge in [0.05, 0.1) is 11.6 Å². The van der Waals surface area contributed by atoms with Crippen molar-refractivity contribution in [2.75, 3.05) is 26.2 Å². The molecule has 0 aliphatic carbocycles. The van der Waals surface area contributed by atoms with E-state index in [2.05, 4.69) is 44.0 Å². The Bertz CT molecular complexity index is 628. The maximum atomic E-state index is 8.95. The zero-order valence-corrected chi connectivity index (χ0v) is 16.0. The van der Waals surface area contributed by atoms with Gasteiger partial charge in [0.2, 0.25) is 0 Å². The van der Waals surface area contributed by atoms with Gasteiger partial charge >= 0.3 is 0 Å². The van der Waals surface area contributed by atoms with Crippen molar-refractivity contribution < 1.29 is 4.74 Å². The molecule has 2 bridgehead atoms. The molecule has 3 unspecified atom stereocenters. The van der Waals surface area contributed by atoms with Gasteiger partial charge in [-0.1, -0.05) is 27.7 Å². The van der Waals surface area contributed by atoms with Crippen molar-refractivity contribution in [3.05, 3.63) is 29.8 Å². The molecule has 3 atom stereocenters. The number of hydrogen-bond acceptors (Lipinski definition) is 4. The standard InChI is InChI=1S/C21H31N3O/c1-5-19(25-18-8-6-16(11-22)7-9-18)24-13-17-10-21(15-24,14-23-12-17)20(2,3)4/h6-9,17,19,23H,5,10,12-15H2,1-4H3. The first-order valence-corrected chi connectivity index (χ1v) is 9.48. The highest BCUT2D eigenvalue weighted by Crippen LogP contribution is 2.48. The van der Waals surface area contributed by atoms with Gasteiger partial charge in [0.15, 0.2) is 6.23 Å². The van der Waals surface area contributed by atoms with E-state index < -0.39 is 0 Å². The quantitative estimate of drug-likeness (QED) is 0.908. The van der Waals surface area contributed by atoms with Crippen LogP contribution in [0.2, 0.25) is 0 Å². The molecule has 3 rings (SSSR count). The molecule has 0 spiro atoms. The molecule has 1 aromatic rings. The molecule has 2 fully saturated rings. The highest BCUT2D eigenvalue weighted by molar-refractivity contribution is 5.34. The van der Waals surface area contributed by atoms with Crippen molar-refractivity contribution in [2.45, 2.75) is 46.8 Å². The Balaban J connectivity index is 1.77. The highest BCUT2D eigenvalue weighted by atomic mass is 16.5. The molecule has 25 heavy (non-hydrogen) atoms. The van der Waals surface area contributed by atoms with Crippen molar-refractivity contribution in [1.82, 2.24) is 10.2 Å². The summed E-state index contributed by atoms with van der Waals surface area (Å²) in [5.74, 6) is 1.55. The second-order valence-corrected chi connectivity index (χ2v) is 8.78. The molecule has 0 radical (unpaired) electrons. The molecule has 2 aliphatic rings. The van der Waals surface area contributed by atoms with Gasteiger partial charge in [-0.2, -0.15) is 5.26 Å². The zero-order chi connectivity index (χ0) is 18.1. The van der Waals surface area contributed by atoms with Crippen molar-refractivity contribution in [1.29, 1.82) is 5.26 Å². The number of benzene rings is 1. The smallest absolute Gasteiger partial charge is 0.152 e.